The minimum Gasteiger partial charge on any atom is -0.392 e. The third kappa shape index (κ3) is 2.70. The number of rotatable bonds is 5. The molecular formula is C15H23NO. The highest BCUT2D eigenvalue weighted by atomic mass is 16.3. The van der Waals surface area contributed by atoms with Gasteiger partial charge in [-0.2, -0.15) is 0 Å². The Labute approximate surface area is 104 Å². The lowest BCUT2D eigenvalue weighted by Crippen LogP contribution is -2.54. The van der Waals surface area contributed by atoms with Gasteiger partial charge in [0.25, 0.3) is 0 Å². The Morgan fingerprint density at radius 3 is 2.06 bits per heavy atom. The maximum atomic E-state index is 8.99. The lowest BCUT2D eigenvalue weighted by atomic mass is 9.75. The number of hydrogen-bond acceptors (Lipinski definition) is 2. The Morgan fingerprint density at radius 2 is 1.59 bits per heavy atom. The summed E-state index contributed by atoms with van der Waals surface area (Å²) in [6, 6.07) is 8.29. The van der Waals surface area contributed by atoms with Crippen molar-refractivity contribution < 1.29 is 5.11 Å². The number of nitrogens with zero attached hydrogens (tertiary/aromatic N) is 1. The molecule has 17 heavy (non-hydrogen) atoms. The van der Waals surface area contributed by atoms with Gasteiger partial charge in [-0.1, -0.05) is 38.1 Å². The highest BCUT2D eigenvalue weighted by Crippen LogP contribution is 2.37. The minimum absolute atomic E-state index is 0.138. The van der Waals surface area contributed by atoms with E-state index >= 15 is 0 Å². The highest BCUT2D eigenvalue weighted by Gasteiger charge is 2.39. The van der Waals surface area contributed by atoms with E-state index in [1.54, 1.807) is 0 Å². The van der Waals surface area contributed by atoms with E-state index < -0.39 is 0 Å². The quantitative estimate of drug-likeness (QED) is 0.845. The molecule has 1 saturated heterocycles. The molecule has 2 heteroatoms. The molecule has 0 saturated carbocycles. The number of benzene rings is 1. The standard InChI is InChI=1S/C15H23NO/c1-3-15(4-2)11-16(12-15)9-13-5-7-14(10-17)8-6-13/h5-8,17H,3-4,9-12H2,1-2H3. The summed E-state index contributed by atoms with van der Waals surface area (Å²) in [5, 5.41) is 8.99. The van der Waals surface area contributed by atoms with Crippen molar-refractivity contribution in [2.24, 2.45) is 5.41 Å². The van der Waals surface area contributed by atoms with E-state index in [2.05, 4.69) is 30.9 Å². The van der Waals surface area contributed by atoms with Crippen LogP contribution < -0.4 is 0 Å². The first kappa shape index (κ1) is 12.6. The zero-order valence-electron chi connectivity index (χ0n) is 10.9. The number of likely N-dealkylation sites (tertiary alicyclic amines) is 1. The van der Waals surface area contributed by atoms with Crippen molar-refractivity contribution in [1.82, 2.24) is 4.90 Å². The molecule has 0 spiro atoms. The molecule has 0 radical (unpaired) electrons. The molecule has 2 rings (SSSR count). The molecule has 1 N–H and O–H groups in total. The molecule has 1 aromatic rings. The average molecular weight is 233 g/mol. The van der Waals surface area contributed by atoms with Crippen LogP contribution in [0.4, 0.5) is 0 Å². The molecular weight excluding hydrogens is 210 g/mol. The molecule has 0 atom stereocenters. The molecule has 0 bridgehead atoms. The Hall–Kier alpha value is -0.860. The molecule has 1 heterocycles. The van der Waals surface area contributed by atoms with Crippen molar-refractivity contribution in [2.75, 3.05) is 13.1 Å². The van der Waals surface area contributed by atoms with Crippen LogP contribution in [-0.4, -0.2) is 23.1 Å². The monoisotopic (exact) mass is 233 g/mol. The predicted octanol–water partition coefficient (Wildman–Crippen LogP) is 2.80. The summed E-state index contributed by atoms with van der Waals surface area (Å²) < 4.78 is 0. The Morgan fingerprint density at radius 1 is 1.06 bits per heavy atom. The van der Waals surface area contributed by atoms with Crippen molar-refractivity contribution in [3.63, 3.8) is 0 Å². The second kappa shape index (κ2) is 5.19. The van der Waals surface area contributed by atoms with Crippen LogP contribution in [0.1, 0.15) is 37.8 Å². The molecule has 1 aliphatic heterocycles. The smallest absolute Gasteiger partial charge is 0.0681 e. The second-order valence-corrected chi connectivity index (χ2v) is 5.33. The van der Waals surface area contributed by atoms with E-state index in [4.69, 9.17) is 5.11 Å². The van der Waals surface area contributed by atoms with E-state index in [1.165, 1.54) is 31.5 Å². The third-order valence-corrected chi connectivity index (χ3v) is 4.23. The second-order valence-electron chi connectivity index (χ2n) is 5.33. The van der Waals surface area contributed by atoms with Gasteiger partial charge in [0.05, 0.1) is 6.61 Å². The largest absolute Gasteiger partial charge is 0.392 e. The normalized spacial score (nSPS) is 19.0. The maximum absolute atomic E-state index is 8.99. The first-order valence-electron chi connectivity index (χ1n) is 6.62. The van der Waals surface area contributed by atoms with Crippen molar-refractivity contribution in [3.05, 3.63) is 35.4 Å². The molecule has 1 fully saturated rings. The van der Waals surface area contributed by atoms with E-state index in [9.17, 15) is 0 Å². The Kier molecular flexibility index (Phi) is 3.85. The molecule has 1 aromatic carbocycles. The van der Waals surface area contributed by atoms with E-state index in [1.807, 2.05) is 12.1 Å². The fourth-order valence-electron chi connectivity index (χ4n) is 2.72. The lowest BCUT2D eigenvalue weighted by Gasteiger charge is -2.50. The van der Waals surface area contributed by atoms with E-state index in [0.29, 0.717) is 5.41 Å². The molecule has 0 amide bonds. The fourth-order valence-corrected chi connectivity index (χ4v) is 2.72. The topological polar surface area (TPSA) is 23.5 Å². The van der Waals surface area contributed by atoms with Gasteiger partial charge in [-0.25, -0.2) is 0 Å². The first-order valence-corrected chi connectivity index (χ1v) is 6.62. The summed E-state index contributed by atoms with van der Waals surface area (Å²) in [6.45, 7) is 8.27. The fraction of sp³-hybridized carbons (Fsp3) is 0.600. The van der Waals surface area contributed by atoms with Crippen LogP contribution in [0.25, 0.3) is 0 Å². The van der Waals surface area contributed by atoms with Gasteiger partial charge in [0.2, 0.25) is 0 Å². The summed E-state index contributed by atoms with van der Waals surface area (Å²) in [7, 11) is 0. The van der Waals surface area contributed by atoms with Crippen LogP contribution in [0, 0.1) is 5.41 Å². The SMILES string of the molecule is CCC1(CC)CN(Cc2ccc(CO)cc2)C1. The zero-order chi connectivity index (χ0) is 12.3. The van der Waals surface area contributed by atoms with Crippen molar-refractivity contribution in [2.45, 2.75) is 39.8 Å². The number of aliphatic hydroxyl groups excluding tert-OH is 1. The Balaban J connectivity index is 1.87. The van der Waals surface area contributed by atoms with Crippen molar-refractivity contribution >= 4 is 0 Å². The number of hydrogen-bond donors (Lipinski definition) is 1. The molecule has 1 aliphatic rings. The van der Waals surface area contributed by atoms with Crippen LogP contribution in [-0.2, 0) is 13.2 Å². The van der Waals surface area contributed by atoms with E-state index in [0.717, 1.165) is 12.1 Å². The van der Waals surface area contributed by atoms with Gasteiger partial charge >= 0.3 is 0 Å². The van der Waals surface area contributed by atoms with Crippen LogP contribution in [0.5, 0.6) is 0 Å². The van der Waals surface area contributed by atoms with Gasteiger partial charge in [-0.05, 0) is 29.4 Å². The van der Waals surface area contributed by atoms with Gasteiger partial charge in [-0.3, -0.25) is 4.90 Å². The molecule has 0 aromatic heterocycles. The number of aliphatic hydroxyl groups is 1. The lowest BCUT2D eigenvalue weighted by molar-refractivity contribution is -0.0120. The summed E-state index contributed by atoms with van der Waals surface area (Å²) in [6.07, 6.45) is 2.59. The molecule has 94 valence electrons. The van der Waals surface area contributed by atoms with Crippen LogP contribution in [0.15, 0.2) is 24.3 Å². The van der Waals surface area contributed by atoms with E-state index in [-0.39, 0.29) is 6.61 Å². The average Bonchev–Trinajstić information content (AvgIpc) is 2.34. The summed E-state index contributed by atoms with van der Waals surface area (Å²) in [5.74, 6) is 0. The Bertz CT molecular complexity index is 346. The highest BCUT2D eigenvalue weighted by molar-refractivity contribution is 5.22. The van der Waals surface area contributed by atoms with Crippen LogP contribution in [0.2, 0.25) is 0 Å². The molecule has 2 nitrogen and oxygen atoms in total. The maximum Gasteiger partial charge on any atom is 0.0681 e. The predicted molar refractivity (Wildman–Crippen MR) is 70.7 cm³/mol. The molecule has 0 unspecified atom stereocenters. The van der Waals surface area contributed by atoms with Gasteiger partial charge in [0, 0.05) is 19.6 Å². The van der Waals surface area contributed by atoms with Gasteiger partial charge in [0.1, 0.15) is 0 Å². The zero-order valence-corrected chi connectivity index (χ0v) is 10.9. The van der Waals surface area contributed by atoms with Crippen LogP contribution >= 0.6 is 0 Å². The summed E-state index contributed by atoms with van der Waals surface area (Å²) in [5.41, 5.74) is 2.93. The summed E-state index contributed by atoms with van der Waals surface area (Å²) in [4.78, 5) is 2.51. The minimum atomic E-state index is 0.138. The van der Waals surface area contributed by atoms with Crippen molar-refractivity contribution in [3.8, 4) is 0 Å². The molecule has 0 aliphatic carbocycles. The van der Waals surface area contributed by atoms with Gasteiger partial charge < -0.3 is 5.11 Å². The van der Waals surface area contributed by atoms with Gasteiger partial charge in [-0.15, -0.1) is 0 Å². The van der Waals surface area contributed by atoms with Crippen LogP contribution in [0.3, 0.4) is 0 Å². The van der Waals surface area contributed by atoms with Gasteiger partial charge in [0.15, 0.2) is 0 Å². The third-order valence-electron chi connectivity index (χ3n) is 4.23. The van der Waals surface area contributed by atoms with Crippen molar-refractivity contribution in [1.29, 1.82) is 0 Å². The summed E-state index contributed by atoms with van der Waals surface area (Å²) >= 11 is 0. The first-order chi connectivity index (χ1) is 8.21.